The molecule has 0 fully saturated rings. The summed E-state index contributed by atoms with van der Waals surface area (Å²) in [6, 6.07) is 119. The summed E-state index contributed by atoms with van der Waals surface area (Å²) >= 11 is 3.48. The van der Waals surface area contributed by atoms with Crippen molar-refractivity contribution < 1.29 is 0 Å². The van der Waals surface area contributed by atoms with Crippen molar-refractivity contribution in [1.29, 1.82) is 0 Å². The summed E-state index contributed by atoms with van der Waals surface area (Å²) in [6.45, 7) is 0. The fourth-order valence-electron chi connectivity index (χ4n) is 13.8. The smallest absolute Gasteiger partial charge is 0.164 e. The first-order valence-electron chi connectivity index (χ1n) is 35.0. The Kier molecular flexibility index (Phi) is 16.4. The van der Waals surface area contributed by atoms with Gasteiger partial charge in [-0.2, -0.15) is 0 Å². The number of aromatic nitrogens is 10. The predicted molar refractivity (Wildman–Crippen MR) is 437 cm³/mol. The van der Waals surface area contributed by atoms with Crippen molar-refractivity contribution in [2.24, 2.45) is 0 Å². The van der Waals surface area contributed by atoms with Crippen molar-refractivity contribution >= 4 is 85.3 Å². The van der Waals surface area contributed by atoms with Crippen LogP contribution in [0, 0.1) is 0 Å². The molecule has 106 heavy (non-hydrogen) atoms. The van der Waals surface area contributed by atoms with Crippen LogP contribution in [0.2, 0.25) is 0 Å². The Bertz CT molecular complexity index is 6660. The molecule has 0 unspecified atom stereocenters. The molecule has 0 N–H and O–H groups in total. The molecule has 0 amide bonds. The van der Waals surface area contributed by atoms with Gasteiger partial charge in [-0.3, -0.25) is 0 Å². The lowest BCUT2D eigenvalue weighted by molar-refractivity contribution is 1.07. The quantitative estimate of drug-likeness (QED) is 0.117. The highest BCUT2D eigenvalue weighted by molar-refractivity contribution is 7.26. The molecule has 20 rings (SSSR count). The molecular weight excluding hydrogens is 1330 g/mol. The maximum absolute atomic E-state index is 5.12. The van der Waals surface area contributed by atoms with E-state index in [0.717, 1.165) is 127 Å². The normalized spacial score (nSPS) is 11.4. The highest BCUT2D eigenvalue weighted by Gasteiger charge is 2.20. The molecule has 12 heteroatoms. The number of pyridine rings is 2. The lowest BCUT2D eigenvalue weighted by Crippen LogP contribution is -2.00. The highest BCUT2D eigenvalue weighted by atomic mass is 32.1. The van der Waals surface area contributed by atoms with Gasteiger partial charge in [0.15, 0.2) is 40.6 Å². The van der Waals surface area contributed by atoms with E-state index in [1.54, 1.807) is 22.7 Å². The molecule has 7 heterocycles. The number of rotatable bonds is 12. The van der Waals surface area contributed by atoms with Gasteiger partial charge >= 0.3 is 0 Å². The van der Waals surface area contributed by atoms with E-state index in [4.69, 9.17) is 44.9 Å². The summed E-state index contributed by atoms with van der Waals surface area (Å²) in [5, 5.41) is 4.69. The molecule has 0 aliphatic heterocycles. The zero-order chi connectivity index (χ0) is 70.3. The van der Waals surface area contributed by atoms with E-state index in [1.807, 2.05) is 85.1 Å². The van der Waals surface area contributed by atoms with Gasteiger partial charge < -0.3 is 0 Å². The summed E-state index contributed by atoms with van der Waals surface area (Å²) < 4.78 is 3.63. The molecule has 0 aliphatic carbocycles. The number of nitrogens with zero attached hydrogens (tertiary/aromatic N) is 10. The lowest BCUT2D eigenvalue weighted by Gasteiger charge is -2.10. The van der Waals surface area contributed by atoms with E-state index in [2.05, 4.69) is 272 Å². The molecule has 496 valence electrons. The zero-order valence-corrected chi connectivity index (χ0v) is 58.4. The minimum Gasteiger partial charge on any atom is -0.243 e. The number of thiophene rings is 2. The van der Waals surface area contributed by atoms with Crippen LogP contribution in [-0.2, 0) is 0 Å². The van der Waals surface area contributed by atoms with Gasteiger partial charge in [0.2, 0.25) is 0 Å². The molecule has 0 spiro atoms. The zero-order valence-electron chi connectivity index (χ0n) is 56.8. The third-order valence-corrected chi connectivity index (χ3v) is 21.4. The van der Waals surface area contributed by atoms with Crippen LogP contribution in [-0.4, -0.2) is 49.8 Å². The molecule has 0 radical (unpaired) electrons. The fourth-order valence-corrected chi connectivity index (χ4v) is 16.0. The summed E-state index contributed by atoms with van der Waals surface area (Å²) in [5.74, 6) is 3.81. The van der Waals surface area contributed by atoms with E-state index in [9.17, 15) is 0 Å². The van der Waals surface area contributed by atoms with E-state index in [0.29, 0.717) is 34.9 Å². The van der Waals surface area contributed by atoms with E-state index < -0.39 is 0 Å². The Labute approximate surface area is 618 Å². The van der Waals surface area contributed by atoms with Crippen molar-refractivity contribution in [3.05, 3.63) is 352 Å². The van der Waals surface area contributed by atoms with Crippen LogP contribution < -0.4 is 0 Å². The predicted octanol–water partition coefficient (Wildman–Crippen LogP) is 24.4. The van der Waals surface area contributed by atoms with Crippen LogP contribution in [0.5, 0.6) is 0 Å². The molecule has 0 atom stereocenters. The van der Waals surface area contributed by atoms with Crippen molar-refractivity contribution in [3.63, 3.8) is 0 Å². The SMILES string of the molecule is c1ccc(-c2ccc(-c3nc(-c4ccccc4)nc(-c4ccc(-c5cccc(-c6ccc7nc8sc9ccccc9c8nc7c6)c5)cc4)n3)cc2)cc1.c1ccc(-c2ccc(-c3nc(-c4ccccc4)nc(-c4ccc(-c5cccc(-c6nc7ncccc7c7c6sc6ccccc67)c5)cc4)n3)cc2)cc1. The number of fused-ring (bicyclic) bond motifs is 9. The van der Waals surface area contributed by atoms with Crippen LogP contribution >= 0.6 is 22.7 Å². The molecule has 20 aromatic rings. The Morgan fingerprint density at radius 2 is 0.547 bits per heavy atom. The maximum Gasteiger partial charge on any atom is 0.164 e. The van der Waals surface area contributed by atoms with E-state index in [-0.39, 0.29) is 0 Å². The molecule has 0 saturated carbocycles. The van der Waals surface area contributed by atoms with Gasteiger partial charge in [0.1, 0.15) is 10.3 Å². The fraction of sp³-hybridized carbons (Fsp3) is 0. The molecule has 7 aromatic heterocycles. The Balaban J connectivity index is 0.000000145. The van der Waals surface area contributed by atoms with E-state index >= 15 is 0 Å². The second-order valence-corrected chi connectivity index (χ2v) is 27.9. The van der Waals surface area contributed by atoms with Crippen LogP contribution in [0.3, 0.4) is 0 Å². The van der Waals surface area contributed by atoms with Gasteiger partial charge in [0, 0.05) is 76.1 Å². The van der Waals surface area contributed by atoms with Crippen LogP contribution in [0.15, 0.2) is 352 Å². The van der Waals surface area contributed by atoms with Crippen LogP contribution in [0.4, 0.5) is 0 Å². The lowest BCUT2D eigenvalue weighted by atomic mass is 9.98. The van der Waals surface area contributed by atoms with Gasteiger partial charge in [-0.05, 0) is 104 Å². The summed E-state index contributed by atoms with van der Waals surface area (Å²) in [5.41, 5.74) is 22.4. The van der Waals surface area contributed by atoms with Gasteiger partial charge in [-0.1, -0.05) is 297 Å². The van der Waals surface area contributed by atoms with E-state index in [1.165, 1.54) is 36.0 Å². The molecule has 10 nitrogen and oxygen atoms in total. The second-order valence-electron chi connectivity index (χ2n) is 25.9. The van der Waals surface area contributed by atoms with Crippen molar-refractivity contribution in [1.82, 2.24) is 49.8 Å². The molecule has 0 saturated heterocycles. The minimum absolute atomic E-state index is 0.626. The van der Waals surface area contributed by atoms with Gasteiger partial charge in [0.25, 0.3) is 0 Å². The first-order chi connectivity index (χ1) is 52.5. The third kappa shape index (κ3) is 12.4. The molecule has 0 bridgehead atoms. The van der Waals surface area contributed by atoms with Gasteiger partial charge in [-0.15, -0.1) is 22.7 Å². The van der Waals surface area contributed by atoms with Crippen LogP contribution in [0.1, 0.15) is 0 Å². The first-order valence-corrected chi connectivity index (χ1v) is 36.6. The monoisotopic (exact) mass is 1390 g/mol. The number of hydrogen-bond acceptors (Lipinski definition) is 12. The molecular formula is C94H58N10S2. The maximum atomic E-state index is 5.12. The minimum atomic E-state index is 0.626. The van der Waals surface area contributed by atoms with Crippen molar-refractivity contribution in [2.45, 2.75) is 0 Å². The third-order valence-electron chi connectivity index (χ3n) is 19.2. The van der Waals surface area contributed by atoms with Crippen LogP contribution in [0.25, 0.3) is 198 Å². The van der Waals surface area contributed by atoms with Gasteiger partial charge in [-0.25, -0.2) is 49.8 Å². The summed E-state index contributed by atoms with van der Waals surface area (Å²) in [4.78, 5) is 50.5. The van der Waals surface area contributed by atoms with Crippen molar-refractivity contribution in [3.8, 4) is 135 Å². The summed E-state index contributed by atoms with van der Waals surface area (Å²) in [7, 11) is 0. The Morgan fingerprint density at radius 3 is 1.04 bits per heavy atom. The number of benzene rings is 13. The highest BCUT2D eigenvalue weighted by Crippen LogP contribution is 2.44. The Morgan fingerprint density at radius 1 is 0.208 bits per heavy atom. The molecule has 0 aliphatic rings. The molecule has 13 aromatic carbocycles. The average molecular weight is 1390 g/mol. The summed E-state index contributed by atoms with van der Waals surface area (Å²) in [6.07, 6.45) is 1.82. The first kappa shape index (κ1) is 63.2. The largest absolute Gasteiger partial charge is 0.243 e. The van der Waals surface area contributed by atoms with Crippen molar-refractivity contribution in [2.75, 3.05) is 0 Å². The Hall–Kier alpha value is -13.8. The average Bonchev–Trinajstić information content (AvgIpc) is 1.57. The second kappa shape index (κ2) is 27.5. The van der Waals surface area contributed by atoms with Gasteiger partial charge in [0.05, 0.1) is 21.4 Å². The number of hydrogen-bond donors (Lipinski definition) is 0. The topological polar surface area (TPSA) is 129 Å². The standard InChI is InChI=1S/2C47H29N5S/c1-3-11-30(12-4-1)31-20-24-34(25-21-31)45-50-44(33-13-5-2-6-14-33)51-46(52-45)35-26-22-32(23-27-35)36-15-9-16-37(29-36)42-43-41(38-17-7-8-19-40(38)53-43)39-18-10-28-48-47(39)49-42;1-3-10-30(11-4-1)31-18-22-34(23-19-31)45-50-44(33-12-5-2-6-13-33)51-46(52-45)35-24-20-32(21-25-35)36-14-9-15-37(28-36)38-26-27-40-41(29-38)48-43-39-16-7-8-17-42(39)53-47(43)49-40/h2*1-29H.